The van der Waals surface area contributed by atoms with Gasteiger partial charge >= 0.3 is 5.97 Å². The average molecular weight is 212 g/mol. The molecule has 1 aromatic carbocycles. The van der Waals surface area contributed by atoms with Gasteiger partial charge in [-0.25, -0.2) is 9.18 Å². The first-order valence-corrected chi connectivity index (χ1v) is 4.53. The second kappa shape index (κ2) is 4.40. The lowest BCUT2D eigenvalue weighted by molar-refractivity contribution is -0.0101. The quantitative estimate of drug-likeness (QED) is 0.776. The van der Waals surface area contributed by atoms with E-state index in [1.807, 2.05) is 0 Å². The fourth-order valence-electron chi connectivity index (χ4n) is 0.941. The van der Waals surface area contributed by atoms with Crippen molar-refractivity contribution in [2.24, 2.45) is 0 Å². The third-order valence-electron chi connectivity index (χ3n) is 1.62. The van der Waals surface area contributed by atoms with E-state index >= 15 is 0 Å². The lowest BCUT2D eigenvalue weighted by Gasteiger charge is -2.16. The van der Waals surface area contributed by atoms with E-state index in [0.29, 0.717) is 0 Å². The molecule has 1 rings (SSSR count). The summed E-state index contributed by atoms with van der Waals surface area (Å²) in [7, 11) is 0. The molecule has 0 radical (unpaired) electrons. The molecule has 82 valence electrons. The van der Waals surface area contributed by atoms with Crippen molar-refractivity contribution in [2.75, 3.05) is 6.61 Å². The van der Waals surface area contributed by atoms with Crippen LogP contribution in [-0.4, -0.2) is 23.3 Å². The van der Waals surface area contributed by atoms with Crippen LogP contribution in [0.25, 0.3) is 0 Å². The minimum absolute atomic E-state index is 0.123. The van der Waals surface area contributed by atoms with Gasteiger partial charge in [-0.3, -0.25) is 0 Å². The van der Waals surface area contributed by atoms with Crippen molar-refractivity contribution in [1.82, 2.24) is 0 Å². The molecular weight excluding hydrogens is 199 g/mol. The molecule has 0 aliphatic carbocycles. The van der Waals surface area contributed by atoms with Gasteiger partial charge in [-0.2, -0.15) is 0 Å². The number of benzene rings is 1. The number of ether oxygens (including phenoxy) is 1. The van der Waals surface area contributed by atoms with Crippen LogP contribution >= 0.6 is 0 Å². The summed E-state index contributed by atoms with van der Waals surface area (Å²) in [6.07, 6.45) is 0. The lowest BCUT2D eigenvalue weighted by Crippen LogP contribution is -2.27. The van der Waals surface area contributed by atoms with Crippen molar-refractivity contribution in [1.29, 1.82) is 0 Å². The van der Waals surface area contributed by atoms with E-state index in [2.05, 4.69) is 0 Å². The second-order valence-corrected chi connectivity index (χ2v) is 3.90. The molecule has 3 nitrogen and oxygen atoms in total. The van der Waals surface area contributed by atoms with E-state index in [4.69, 9.17) is 4.74 Å². The molecule has 0 saturated carbocycles. The molecule has 0 heterocycles. The van der Waals surface area contributed by atoms with Gasteiger partial charge in [0, 0.05) is 0 Å². The summed E-state index contributed by atoms with van der Waals surface area (Å²) in [5.41, 5.74) is -0.942. The number of aliphatic hydroxyl groups is 1. The minimum atomic E-state index is -1.08. The van der Waals surface area contributed by atoms with E-state index < -0.39 is 17.4 Å². The second-order valence-electron chi connectivity index (χ2n) is 3.90. The number of hydrogen-bond acceptors (Lipinski definition) is 3. The van der Waals surface area contributed by atoms with Crippen LogP contribution in [0.5, 0.6) is 0 Å². The fraction of sp³-hybridized carbons (Fsp3) is 0.364. The number of rotatable bonds is 3. The number of carbonyl (C=O) groups is 1. The van der Waals surface area contributed by atoms with Crippen LogP contribution in [-0.2, 0) is 4.74 Å². The topological polar surface area (TPSA) is 46.5 Å². The van der Waals surface area contributed by atoms with Crippen molar-refractivity contribution in [2.45, 2.75) is 19.4 Å². The SMILES string of the molecule is CC(C)(O)COC(=O)c1cccc(F)c1. The Balaban J connectivity index is 2.62. The standard InChI is InChI=1S/C11H13FO3/c1-11(2,14)7-15-10(13)8-4-3-5-9(12)6-8/h3-6,14H,7H2,1-2H3. The Kier molecular flexibility index (Phi) is 3.42. The summed E-state index contributed by atoms with van der Waals surface area (Å²) >= 11 is 0. The van der Waals surface area contributed by atoms with Crippen LogP contribution in [0.2, 0.25) is 0 Å². The third-order valence-corrected chi connectivity index (χ3v) is 1.62. The molecule has 0 unspecified atom stereocenters. The maximum absolute atomic E-state index is 12.7. The first kappa shape index (κ1) is 11.7. The van der Waals surface area contributed by atoms with Gasteiger partial charge < -0.3 is 9.84 Å². The molecule has 0 aliphatic heterocycles. The van der Waals surface area contributed by atoms with Crippen molar-refractivity contribution in [3.05, 3.63) is 35.6 Å². The van der Waals surface area contributed by atoms with Gasteiger partial charge in [0.1, 0.15) is 12.4 Å². The van der Waals surface area contributed by atoms with Crippen molar-refractivity contribution in [3.63, 3.8) is 0 Å². The molecule has 0 saturated heterocycles. The molecule has 0 aliphatic rings. The summed E-state index contributed by atoms with van der Waals surface area (Å²) in [6.45, 7) is 2.92. The highest BCUT2D eigenvalue weighted by molar-refractivity contribution is 5.89. The van der Waals surface area contributed by atoms with Crippen molar-refractivity contribution in [3.8, 4) is 0 Å². The summed E-state index contributed by atoms with van der Waals surface area (Å²) in [5.74, 6) is -1.13. The predicted molar refractivity (Wildman–Crippen MR) is 53.0 cm³/mol. The van der Waals surface area contributed by atoms with Crippen LogP contribution in [0.1, 0.15) is 24.2 Å². The lowest BCUT2D eigenvalue weighted by atomic mass is 10.1. The van der Waals surface area contributed by atoms with E-state index in [1.165, 1.54) is 32.0 Å². The van der Waals surface area contributed by atoms with Crippen LogP contribution in [0.15, 0.2) is 24.3 Å². The number of esters is 1. The maximum atomic E-state index is 12.7. The molecule has 0 bridgehead atoms. The molecule has 0 spiro atoms. The molecule has 1 N–H and O–H groups in total. The van der Waals surface area contributed by atoms with Crippen LogP contribution in [0.3, 0.4) is 0 Å². The third kappa shape index (κ3) is 4.08. The normalized spacial score (nSPS) is 11.2. The predicted octanol–water partition coefficient (Wildman–Crippen LogP) is 1.75. The van der Waals surface area contributed by atoms with Gasteiger partial charge in [0.05, 0.1) is 11.2 Å². The monoisotopic (exact) mass is 212 g/mol. The Labute approximate surface area is 87.5 Å². The molecule has 0 aromatic heterocycles. The number of carbonyl (C=O) groups excluding carboxylic acids is 1. The Bertz CT molecular complexity index is 355. The van der Waals surface area contributed by atoms with Crippen LogP contribution in [0.4, 0.5) is 4.39 Å². The highest BCUT2D eigenvalue weighted by atomic mass is 19.1. The zero-order valence-corrected chi connectivity index (χ0v) is 8.66. The van der Waals surface area contributed by atoms with Crippen molar-refractivity contribution < 1.29 is 19.0 Å². The number of hydrogen-bond donors (Lipinski definition) is 1. The Morgan fingerprint density at radius 2 is 2.20 bits per heavy atom. The Morgan fingerprint density at radius 1 is 1.53 bits per heavy atom. The Morgan fingerprint density at radius 3 is 2.73 bits per heavy atom. The smallest absolute Gasteiger partial charge is 0.338 e. The first-order chi connectivity index (χ1) is 6.88. The zero-order valence-electron chi connectivity index (χ0n) is 8.66. The Hall–Kier alpha value is -1.42. The number of halogens is 1. The van der Waals surface area contributed by atoms with E-state index in [0.717, 1.165) is 6.07 Å². The van der Waals surface area contributed by atoms with Gasteiger partial charge in [0.15, 0.2) is 0 Å². The molecule has 15 heavy (non-hydrogen) atoms. The van der Waals surface area contributed by atoms with E-state index in [1.54, 1.807) is 0 Å². The summed E-state index contributed by atoms with van der Waals surface area (Å²) in [4.78, 5) is 11.3. The van der Waals surface area contributed by atoms with Gasteiger partial charge in [-0.1, -0.05) is 6.07 Å². The van der Waals surface area contributed by atoms with Gasteiger partial charge in [0.2, 0.25) is 0 Å². The van der Waals surface area contributed by atoms with Gasteiger partial charge in [-0.05, 0) is 32.0 Å². The maximum Gasteiger partial charge on any atom is 0.338 e. The van der Waals surface area contributed by atoms with Crippen LogP contribution in [0, 0.1) is 5.82 Å². The molecule has 0 fully saturated rings. The highest BCUT2D eigenvalue weighted by Gasteiger charge is 2.16. The summed E-state index contributed by atoms with van der Waals surface area (Å²) < 4.78 is 17.5. The first-order valence-electron chi connectivity index (χ1n) is 4.53. The summed E-state index contributed by atoms with van der Waals surface area (Å²) in [6, 6.07) is 5.21. The van der Waals surface area contributed by atoms with E-state index in [9.17, 15) is 14.3 Å². The zero-order chi connectivity index (χ0) is 11.5. The van der Waals surface area contributed by atoms with Crippen LogP contribution < -0.4 is 0 Å². The van der Waals surface area contributed by atoms with E-state index in [-0.39, 0.29) is 12.2 Å². The molecule has 1 aromatic rings. The summed E-state index contributed by atoms with van der Waals surface area (Å²) in [5, 5.41) is 9.32. The molecular formula is C11H13FO3. The average Bonchev–Trinajstić information content (AvgIpc) is 2.13. The molecule has 4 heteroatoms. The molecule has 0 atom stereocenters. The van der Waals surface area contributed by atoms with Gasteiger partial charge in [-0.15, -0.1) is 0 Å². The fourth-order valence-corrected chi connectivity index (χ4v) is 0.941. The highest BCUT2D eigenvalue weighted by Crippen LogP contribution is 2.08. The van der Waals surface area contributed by atoms with Gasteiger partial charge in [0.25, 0.3) is 0 Å². The van der Waals surface area contributed by atoms with Crippen molar-refractivity contribution >= 4 is 5.97 Å². The molecule has 0 amide bonds. The largest absolute Gasteiger partial charge is 0.459 e. The minimum Gasteiger partial charge on any atom is -0.459 e.